The van der Waals surface area contributed by atoms with Gasteiger partial charge in [-0.1, -0.05) is 19.8 Å². The van der Waals surface area contributed by atoms with Crippen LogP contribution in [-0.4, -0.2) is 40.9 Å². The second-order valence-corrected chi connectivity index (χ2v) is 7.19. The fraction of sp³-hybridized carbons (Fsp3) is 0.875. The van der Waals surface area contributed by atoms with Gasteiger partial charge in [-0.15, -0.1) is 5.10 Å². The van der Waals surface area contributed by atoms with Crippen LogP contribution in [0.25, 0.3) is 0 Å². The highest BCUT2D eigenvalue weighted by Crippen LogP contribution is 2.42. The third-order valence-corrected chi connectivity index (χ3v) is 6.10. The van der Waals surface area contributed by atoms with Crippen LogP contribution in [0.1, 0.15) is 57.7 Å². The summed E-state index contributed by atoms with van der Waals surface area (Å²) >= 11 is 0. The molecule has 5 nitrogen and oxygen atoms in total. The van der Waals surface area contributed by atoms with Gasteiger partial charge >= 0.3 is 0 Å². The van der Waals surface area contributed by atoms with E-state index in [0.717, 1.165) is 30.8 Å². The second-order valence-electron chi connectivity index (χ2n) is 7.19. The lowest BCUT2D eigenvalue weighted by atomic mass is 9.83. The van der Waals surface area contributed by atoms with E-state index in [0.29, 0.717) is 6.04 Å². The predicted molar refractivity (Wildman–Crippen MR) is 83.5 cm³/mol. The van der Waals surface area contributed by atoms with Crippen molar-refractivity contribution in [3.8, 4) is 0 Å². The van der Waals surface area contributed by atoms with E-state index in [1.165, 1.54) is 51.5 Å². The molecule has 3 fully saturated rings. The van der Waals surface area contributed by atoms with E-state index in [1.807, 2.05) is 0 Å². The van der Waals surface area contributed by atoms with Crippen molar-refractivity contribution < 1.29 is 0 Å². The van der Waals surface area contributed by atoms with Crippen molar-refractivity contribution in [2.45, 2.75) is 63.3 Å². The van der Waals surface area contributed by atoms with E-state index in [-0.39, 0.29) is 5.41 Å². The molecular formula is C16H27N5. The number of piperidine rings is 1. The first-order valence-corrected chi connectivity index (χ1v) is 8.72. The average molecular weight is 289 g/mol. The minimum atomic E-state index is 0.274. The fourth-order valence-electron chi connectivity index (χ4n) is 4.65. The van der Waals surface area contributed by atoms with Crippen molar-refractivity contribution in [3.05, 3.63) is 5.82 Å². The smallest absolute Gasteiger partial charge is 0.244 e. The van der Waals surface area contributed by atoms with Crippen LogP contribution in [0.5, 0.6) is 0 Å². The summed E-state index contributed by atoms with van der Waals surface area (Å²) in [4.78, 5) is 7.29. The molecule has 0 bridgehead atoms. The Morgan fingerprint density at radius 3 is 2.86 bits per heavy atom. The third-order valence-electron chi connectivity index (χ3n) is 6.10. The fourth-order valence-corrected chi connectivity index (χ4v) is 4.65. The Balaban J connectivity index is 1.52. The highest BCUT2D eigenvalue weighted by Gasteiger charge is 2.39. The van der Waals surface area contributed by atoms with E-state index in [1.54, 1.807) is 0 Å². The number of hydrogen-bond acceptors (Lipinski definition) is 4. The van der Waals surface area contributed by atoms with Gasteiger partial charge in [-0.2, -0.15) is 4.98 Å². The Morgan fingerprint density at radius 2 is 2.10 bits per heavy atom. The summed E-state index contributed by atoms with van der Waals surface area (Å²) in [6, 6.07) is 0.646. The number of nitrogens with zero attached hydrogens (tertiary/aromatic N) is 3. The summed E-state index contributed by atoms with van der Waals surface area (Å²) in [7, 11) is 0. The minimum absolute atomic E-state index is 0.274. The molecule has 3 heterocycles. The normalized spacial score (nSPS) is 31.6. The third kappa shape index (κ3) is 2.26. The monoisotopic (exact) mass is 289 g/mol. The lowest BCUT2D eigenvalue weighted by molar-refractivity contribution is 0.340. The van der Waals surface area contributed by atoms with Gasteiger partial charge in [-0.25, -0.2) is 0 Å². The van der Waals surface area contributed by atoms with Gasteiger partial charge in [0.1, 0.15) is 5.82 Å². The van der Waals surface area contributed by atoms with Gasteiger partial charge in [-0.05, 0) is 44.6 Å². The van der Waals surface area contributed by atoms with Crippen LogP contribution in [0, 0.1) is 5.92 Å². The molecule has 2 aliphatic heterocycles. The lowest BCUT2D eigenvalue weighted by Gasteiger charge is -2.24. The molecule has 5 heteroatoms. The maximum absolute atomic E-state index is 4.91. The van der Waals surface area contributed by atoms with Crippen LogP contribution < -0.4 is 10.2 Å². The topological polar surface area (TPSA) is 56.8 Å². The second kappa shape index (κ2) is 5.27. The van der Waals surface area contributed by atoms with Crippen molar-refractivity contribution in [2.24, 2.45) is 5.92 Å². The van der Waals surface area contributed by atoms with E-state index in [4.69, 9.17) is 4.98 Å². The molecule has 2 atom stereocenters. The zero-order valence-corrected chi connectivity index (χ0v) is 13.1. The molecule has 1 aliphatic carbocycles. The van der Waals surface area contributed by atoms with E-state index < -0.39 is 0 Å². The van der Waals surface area contributed by atoms with Crippen LogP contribution in [0.4, 0.5) is 5.95 Å². The molecule has 116 valence electrons. The number of fused-ring (bicyclic) bond motifs is 1. The summed E-state index contributed by atoms with van der Waals surface area (Å²) < 4.78 is 0. The number of nitrogens with one attached hydrogen (secondary N) is 2. The molecule has 2 unspecified atom stereocenters. The van der Waals surface area contributed by atoms with Crippen molar-refractivity contribution in [3.63, 3.8) is 0 Å². The molecule has 0 amide bonds. The molecule has 1 aromatic rings. The molecule has 3 aliphatic rings. The molecular weight excluding hydrogens is 262 g/mol. The lowest BCUT2D eigenvalue weighted by Crippen LogP contribution is -2.40. The van der Waals surface area contributed by atoms with Gasteiger partial charge in [0.05, 0.1) is 0 Å². The first kappa shape index (κ1) is 13.6. The zero-order chi connectivity index (χ0) is 14.3. The van der Waals surface area contributed by atoms with Gasteiger partial charge < -0.3 is 10.2 Å². The Morgan fingerprint density at radius 1 is 1.24 bits per heavy atom. The number of aromatic nitrogens is 3. The van der Waals surface area contributed by atoms with Crippen LogP contribution in [0.2, 0.25) is 0 Å². The summed E-state index contributed by atoms with van der Waals surface area (Å²) in [6.07, 6.45) is 9.05. The zero-order valence-electron chi connectivity index (χ0n) is 13.1. The molecule has 0 spiro atoms. The maximum Gasteiger partial charge on any atom is 0.244 e. The summed E-state index contributed by atoms with van der Waals surface area (Å²) in [5.41, 5.74) is 0.274. The van der Waals surface area contributed by atoms with Crippen LogP contribution in [0.15, 0.2) is 0 Å². The standard InChI is InChI=1S/C16H27N5/c1-2-16(7-3-4-8-16)14-18-15(20-19-14)21-10-12-6-5-9-17-13(12)11-21/h12-13,17H,2-11H2,1H3,(H,18,19,20). The van der Waals surface area contributed by atoms with E-state index >= 15 is 0 Å². The Hall–Kier alpha value is -1.10. The first-order chi connectivity index (χ1) is 10.3. The van der Waals surface area contributed by atoms with Gasteiger partial charge in [-0.3, -0.25) is 5.10 Å². The molecule has 0 radical (unpaired) electrons. The molecule has 2 N–H and O–H groups in total. The minimum Gasteiger partial charge on any atom is -0.338 e. The molecule has 0 aromatic carbocycles. The molecule has 1 saturated carbocycles. The highest BCUT2D eigenvalue weighted by atomic mass is 15.4. The highest BCUT2D eigenvalue weighted by molar-refractivity contribution is 5.34. The van der Waals surface area contributed by atoms with Crippen molar-refractivity contribution in [1.29, 1.82) is 0 Å². The Kier molecular flexibility index (Phi) is 3.40. The largest absolute Gasteiger partial charge is 0.338 e. The van der Waals surface area contributed by atoms with Crippen LogP contribution in [0.3, 0.4) is 0 Å². The van der Waals surface area contributed by atoms with Crippen molar-refractivity contribution in [1.82, 2.24) is 20.5 Å². The number of H-pyrrole nitrogens is 1. The summed E-state index contributed by atoms with van der Waals surface area (Å²) in [5.74, 6) is 2.86. The van der Waals surface area contributed by atoms with Crippen LogP contribution >= 0.6 is 0 Å². The quantitative estimate of drug-likeness (QED) is 0.896. The molecule has 1 aromatic heterocycles. The summed E-state index contributed by atoms with van der Waals surface area (Å²) in [5, 5.41) is 11.5. The van der Waals surface area contributed by atoms with Gasteiger partial charge in [0.25, 0.3) is 0 Å². The number of hydrogen-bond donors (Lipinski definition) is 2. The SMILES string of the molecule is CCC1(c2nc(N3CC4CCCNC4C3)n[nH]2)CCCC1. The number of anilines is 1. The Labute approximate surface area is 126 Å². The maximum atomic E-state index is 4.91. The molecule has 21 heavy (non-hydrogen) atoms. The van der Waals surface area contributed by atoms with Gasteiger partial charge in [0, 0.05) is 24.5 Å². The van der Waals surface area contributed by atoms with Crippen molar-refractivity contribution in [2.75, 3.05) is 24.5 Å². The molecule has 4 rings (SSSR count). The van der Waals surface area contributed by atoms with Crippen molar-refractivity contribution >= 4 is 5.95 Å². The first-order valence-electron chi connectivity index (χ1n) is 8.72. The Bertz CT molecular complexity index is 477. The number of rotatable bonds is 3. The molecule has 2 saturated heterocycles. The average Bonchev–Trinajstić information content (AvgIpc) is 3.24. The predicted octanol–water partition coefficient (Wildman–Crippen LogP) is 2.21. The van der Waals surface area contributed by atoms with Crippen LogP contribution in [-0.2, 0) is 5.41 Å². The van der Waals surface area contributed by atoms with E-state index in [2.05, 4.69) is 27.3 Å². The van der Waals surface area contributed by atoms with Gasteiger partial charge in [0.2, 0.25) is 5.95 Å². The van der Waals surface area contributed by atoms with E-state index in [9.17, 15) is 0 Å². The summed E-state index contributed by atoms with van der Waals surface area (Å²) in [6.45, 7) is 5.66. The number of aromatic amines is 1. The van der Waals surface area contributed by atoms with Gasteiger partial charge in [0.15, 0.2) is 0 Å².